The molecule has 86 valence electrons. The second-order valence-electron chi connectivity index (χ2n) is 4.79. The Hall–Kier alpha value is -1.15. The van der Waals surface area contributed by atoms with Gasteiger partial charge in [0.05, 0.1) is 0 Å². The number of rotatable bonds is 3. The largest absolute Gasteiger partial charge is 0.306 e. The molecule has 1 aliphatic rings. The van der Waals surface area contributed by atoms with Crippen LogP contribution in [0.1, 0.15) is 28.8 Å². The van der Waals surface area contributed by atoms with Crippen LogP contribution in [0.3, 0.4) is 0 Å². The summed E-state index contributed by atoms with van der Waals surface area (Å²) in [5, 5.41) is 0. The van der Waals surface area contributed by atoms with Crippen molar-refractivity contribution in [3.05, 3.63) is 35.4 Å². The van der Waals surface area contributed by atoms with Gasteiger partial charge < -0.3 is 4.90 Å². The van der Waals surface area contributed by atoms with E-state index in [2.05, 4.69) is 18.0 Å². The molecule has 1 unspecified atom stereocenters. The van der Waals surface area contributed by atoms with E-state index in [1.165, 1.54) is 24.9 Å². The molecule has 0 aromatic heterocycles. The average Bonchev–Trinajstić information content (AvgIpc) is 2.30. The smallest absolute Gasteiger partial charge is 0.150 e. The highest BCUT2D eigenvalue weighted by Crippen LogP contribution is 2.21. The molecule has 1 saturated heterocycles. The maximum absolute atomic E-state index is 10.9. The van der Waals surface area contributed by atoms with E-state index in [1.54, 1.807) is 0 Å². The molecule has 0 aliphatic carbocycles. The highest BCUT2D eigenvalue weighted by Gasteiger charge is 2.18. The first-order chi connectivity index (χ1) is 7.79. The molecule has 0 radical (unpaired) electrons. The van der Waals surface area contributed by atoms with Crippen molar-refractivity contribution < 1.29 is 4.79 Å². The number of benzene rings is 1. The molecule has 0 saturated carbocycles. The summed E-state index contributed by atoms with van der Waals surface area (Å²) in [6.07, 6.45) is 4.59. The molecule has 16 heavy (non-hydrogen) atoms. The Bertz CT molecular complexity index is 362. The summed E-state index contributed by atoms with van der Waals surface area (Å²) in [5.41, 5.74) is 2.06. The van der Waals surface area contributed by atoms with Crippen LogP contribution in [-0.2, 0) is 6.42 Å². The topological polar surface area (TPSA) is 20.3 Å². The summed E-state index contributed by atoms with van der Waals surface area (Å²) >= 11 is 0. The van der Waals surface area contributed by atoms with E-state index in [1.807, 2.05) is 18.2 Å². The fourth-order valence-electron chi connectivity index (χ4n) is 2.59. The van der Waals surface area contributed by atoms with Gasteiger partial charge in [-0.1, -0.05) is 24.3 Å². The molecule has 0 spiro atoms. The number of piperidine rings is 1. The third-order valence-corrected chi connectivity index (χ3v) is 3.41. The molecule has 2 rings (SSSR count). The van der Waals surface area contributed by atoms with Gasteiger partial charge in [0.1, 0.15) is 6.29 Å². The molecule has 0 bridgehead atoms. The van der Waals surface area contributed by atoms with Gasteiger partial charge in [0.25, 0.3) is 0 Å². The lowest BCUT2D eigenvalue weighted by Gasteiger charge is -2.29. The van der Waals surface area contributed by atoms with Crippen LogP contribution in [0.25, 0.3) is 0 Å². The van der Waals surface area contributed by atoms with E-state index in [0.717, 1.165) is 24.8 Å². The van der Waals surface area contributed by atoms with Gasteiger partial charge in [-0.05, 0) is 44.3 Å². The van der Waals surface area contributed by atoms with Crippen molar-refractivity contribution >= 4 is 6.29 Å². The molecular weight excluding hydrogens is 198 g/mol. The van der Waals surface area contributed by atoms with Crippen molar-refractivity contribution in [1.29, 1.82) is 0 Å². The third kappa shape index (κ3) is 2.70. The molecule has 1 aromatic carbocycles. The van der Waals surface area contributed by atoms with Gasteiger partial charge in [-0.15, -0.1) is 0 Å². The average molecular weight is 217 g/mol. The molecule has 2 heteroatoms. The van der Waals surface area contributed by atoms with Gasteiger partial charge >= 0.3 is 0 Å². The van der Waals surface area contributed by atoms with Crippen LogP contribution in [0.5, 0.6) is 0 Å². The molecule has 1 heterocycles. The maximum Gasteiger partial charge on any atom is 0.150 e. The summed E-state index contributed by atoms with van der Waals surface area (Å²) in [4.78, 5) is 13.3. The molecular formula is C14H19NO. The number of hydrogen-bond acceptors (Lipinski definition) is 2. The Morgan fingerprint density at radius 3 is 3.00 bits per heavy atom. The van der Waals surface area contributed by atoms with Crippen LogP contribution < -0.4 is 0 Å². The van der Waals surface area contributed by atoms with Crippen molar-refractivity contribution in [2.24, 2.45) is 5.92 Å². The van der Waals surface area contributed by atoms with E-state index in [9.17, 15) is 4.79 Å². The van der Waals surface area contributed by atoms with Gasteiger partial charge in [0, 0.05) is 12.1 Å². The predicted octanol–water partition coefficient (Wildman–Crippen LogP) is 2.38. The van der Waals surface area contributed by atoms with Crippen LogP contribution in [0.2, 0.25) is 0 Å². The second-order valence-corrected chi connectivity index (χ2v) is 4.79. The van der Waals surface area contributed by atoms with Gasteiger partial charge in [0.2, 0.25) is 0 Å². The fourth-order valence-corrected chi connectivity index (χ4v) is 2.59. The highest BCUT2D eigenvalue weighted by atomic mass is 16.1. The fraction of sp³-hybridized carbons (Fsp3) is 0.500. The first-order valence-electron chi connectivity index (χ1n) is 6.01. The Labute approximate surface area is 97.3 Å². The lowest BCUT2D eigenvalue weighted by atomic mass is 9.90. The zero-order valence-electron chi connectivity index (χ0n) is 9.86. The SMILES string of the molecule is CN1CCCC(Cc2ccccc2C=O)C1. The lowest BCUT2D eigenvalue weighted by molar-refractivity contribution is 0.112. The van der Waals surface area contributed by atoms with Gasteiger partial charge in [-0.2, -0.15) is 0 Å². The molecule has 1 aromatic rings. The van der Waals surface area contributed by atoms with Crippen LogP contribution in [-0.4, -0.2) is 31.3 Å². The minimum Gasteiger partial charge on any atom is -0.306 e. The molecule has 0 N–H and O–H groups in total. The number of aldehydes is 1. The first-order valence-corrected chi connectivity index (χ1v) is 6.01. The molecule has 1 fully saturated rings. The summed E-state index contributed by atoms with van der Waals surface area (Å²) < 4.78 is 0. The summed E-state index contributed by atoms with van der Waals surface area (Å²) in [5.74, 6) is 0.708. The normalized spacial score (nSPS) is 21.9. The first kappa shape index (κ1) is 11.3. The summed E-state index contributed by atoms with van der Waals surface area (Å²) in [6.45, 7) is 2.37. The van der Waals surface area contributed by atoms with E-state index in [4.69, 9.17) is 0 Å². The summed E-state index contributed by atoms with van der Waals surface area (Å²) in [7, 11) is 2.18. The van der Waals surface area contributed by atoms with Crippen molar-refractivity contribution in [3.63, 3.8) is 0 Å². The van der Waals surface area contributed by atoms with Crippen LogP contribution in [0.4, 0.5) is 0 Å². The number of carbonyl (C=O) groups excluding carboxylic acids is 1. The van der Waals surface area contributed by atoms with E-state index < -0.39 is 0 Å². The number of nitrogens with zero attached hydrogens (tertiary/aromatic N) is 1. The number of carbonyl (C=O) groups is 1. The maximum atomic E-state index is 10.9. The Morgan fingerprint density at radius 1 is 1.44 bits per heavy atom. The monoisotopic (exact) mass is 217 g/mol. The second kappa shape index (κ2) is 5.26. The molecule has 2 nitrogen and oxygen atoms in total. The lowest BCUT2D eigenvalue weighted by Crippen LogP contribution is -2.33. The minimum atomic E-state index is 0.708. The van der Waals surface area contributed by atoms with Crippen LogP contribution in [0, 0.1) is 5.92 Å². The quantitative estimate of drug-likeness (QED) is 0.725. The Morgan fingerprint density at radius 2 is 2.25 bits per heavy atom. The highest BCUT2D eigenvalue weighted by molar-refractivity contribution is 5.77. The van der Waals surface area contributed by atoms with E-state index >= 15 is 0 Å². The Balaban J connectivity index is 2.05. The zero-order chi connectivity index (χ0) is 11.4. The number of likely N-dealkylation sites (tertiary alicyclic amines) is 1. The van der Waals surface area contributed by atoms with Gasteiger partial charge in [-0.3, -0.25) is 4.79 Å². The standard InChI is InChI=1S/C14H19NO/c1-15-8-4-5-12(10-15)9-13-6-2-3-7-14(13)11-16/h2-3,6-7,11-12H,4-5,8-10H2,1H3. The molecule has 1 aliphatic heterocycles. The zero-order valence-corrected chi connectivity index (χ0v) is 9.86. The van der Waals surface area contributed by atoms with Gasteiger partial charge in [0.15, 0.2) is 0 Å². The predicted molar refractivity (Wildman–Crippen MR) is 65.8 cm³/mol. The number of hydrogen-bond donors (Lipinski definition) is 0. The Kier molecular flexibility index (Phi) is 3.73. The molecule has 1 atom stereocenters. The minimum absolute atomic E-state index is 0.708. The molecule has 0 amide bonds. The third-order valence-electron chi connectivity index (χ3n) is 3.41. The van der Waals surface area contributed by atoms with Crippen LogP contribution >= 0.6 is 0 Å². The van der Waals surface area contributed by atoms with Crippen molar-refractivity contribution in [2.75, 3.05) is 20.1 Å². The van der Waals surface area contributed by atoms with E-state index in [-0.39, 0.29) is 0 Å². The summed E-state index contributed by atoms with van der Waals surface area (Å²) in [6, 6.07) is 7.95. The van der Waals surface area contributed by atoms with Crippen LogP contribution in [0.15, 0.2) is 24.3 Å². The van der Waals surface area contributed by atoms with Crippen molar-refractivity contribution in [3.8, 4) is 0 Å². The van der Waals surface area contributed by atoms with Crippen molar-refractivity contribution in [1.82, 2.24) is 4.90 Å². The van der Waals surface area contributed by atoms with Crippen molar-refractivity contribution in [2.45, 2.75) is 19.3 Å². The van der Waals surface area contributed by atoms with Gasteiger partial charge in [-0.25, -0.2) is 0 Å². The van der Waals surface area contributed by atoms with E-state index in [0.29, 0.717) is 5.92 Å².